The van der Waals surface area contributed by atoms with E-state index in [1.54, 1.807) is 30.3 Å². The molecule has 2 aromatic carbocycles. The topological polar surface area (TPSA) is 110 Å². The summed E-state index contributed by atoms with van der Waals surface area (Å²) in [6.07, 6.45) is 0. The van der Waals surface area contributed by atoms with E-state index in [0.717, 1.165) is 6.07 Å². The first-order valence-corrected chi connectivity index (χ1v) is 6.32. The van der Waals surface area contributed by atoms with Gasteiger partial charge in [0.2, 0.25) is 0 Å². The molecule has 0 fully saturated rings. The number of carbonyl (C=O) groups excluding carboxylic acids is 1. The number of Topliss-reactive ketones (excluding diaryl/α,β-unsaturated/α-hetero) is 1. The van der Waals surface area contributed by atoms with Crippen molar-refractivity contribution in [1.82, 2.24) is 0 Å². The van der Waals surface area contributed by atoms with Gasteiger partial charge in [-0.05, 0) is 12.1 Å². The molecule has 0 heterocycles. The van der Waals surface area contributed by atoms with Crippen LogP contribution in [0.4, 0.5) is 11.4 Å². The Hall–Kier alpha value is -3.22. The highest BCUT2D eigenvalue weighted by Crippen LogP contribution is 2.16. The number of anilines is 1. The average molecular weight is 300 g/mol. The Morgan fingerprint density at radius 3 is 2.36 bits per heavy atom. The van der Waals surface area contributed by atoms with Crippen LogP contribution in [0, 0.1) is 10.1 Å². The first kappa shape index (κ1) is 15.2. The fourth-order valence-corrected chi connectivity index (χ4v) is 1.88. The van der Waals surface area contributed by atoms with E-state index in [1.807, 2.05) is 0 Å². The van der Waals surface area contributed by atoms with Crippen LogP contribution >= 0.6 is 0 Å². The van der Waals surface area contributed by atoms with E-state index in [9.17, 15) is 24.8 Å². The summed E-state index contributed by atoms with van der Waals surface area (Å²) >= 11 is 0. The van der Waals surface area contributed by atoms with Crippen LogP contribution < -0.4 is 5.32 Å². The average Bonchev–Trinajstić information content (AvgIpc) is 2.53. The molecular formula is C15H12N2O5. The maximum absolute atomic E-state index is 12.3. The summed E-state index contributed by atoms with van der Waals surface area (Å²) in [5, 5.41) is 22.6. The van der Waals surface area contributed by atoms with Gasteiger partial charge in [0.1, 0.15) is 0 Å². The Kier molecular flexibility index (Phi) is 4.47. The lowest BCUT2D eigenvalue weighted by Crippen LogP contribution is -2.37. The van der Waals surface area contributed by atoms with E-state index in [0.29, 0.717) is 5.69 Å². The highest BCUT2D eigenvalue weighted by atomic mass is 16.6. The first-order chi connectivity index (χ1) is 10.5. The second-order valence-electron chi connectivity index (χ2n) is 4.45. The van der Waals surface area contributed by atoms with Crippen LogP contribution in [0.3, 0.4) is 0 Å². The number of para-hydroxylation sites is 1. The molecule has 2 rings (SSSR count). The largest absolute Gasteiger partial charge is 0.479 e. The number of non-ortho nitro benzene ring substituents is 1. The molecule has 0 aliphatic rings. The van der Waals surface area contributed by atoms with E-state index in [2.05, 4.69) is 5.32 Å². The van der Waals surface area contributed by atoms with Crippen molar-refractivity contribution in [3.8, 4) is 0 Å². The molecule has 0 aliphatic heterocycles. The zero-order valence-electron chi connectivity index (χ0n) is 11.3. The van der Waals surface area contributed by atoms with Gasteiger partial charge in [-0.3, -0.25) is 14.9 Å². The number of hydrogen-bond donors (Lipinski definition) is 2. The van der Waals surface area contributed by atoms with Gasteiger partial charge in [-0.1, -0.05) is 30.3 Å². The molecule has 7 heteroatoms. The fourth-order valence-electron chi connectivity index (χ4n) is 1.88. The Morgan fingerprint density at radius 2 is 1.77 bits per heavy atom. The van der Waals surface area contributed by atoms with Crippen molar-refractivity contribution in [1.29, 1.82) is 0 Å². The standard InChI is InChI=1S/C15H12N2O5/c18-14(10-5-4-8-12(9-10)17(21)22)13(15(19)20)16-11-6-2-1-3-7-11/h1-9,13,16H,(H,19,20)/t13-/m1/s1. The second kappa shape index (κ2) is 6.49. The van der Waals surface area contributed by atoms with Gasteiger partial charge in [0, 0.05) is 23.4 Å². The number of ketones is 1. The third-order valence-corrected chi connectivity index (χ3v) is 2.94. The highest BCUT2D eigenvalue weighted by molar-refractivity contribution is 6.13. The number of carboxylic acid groups (broad SMARTS) is 1. The minimum atomic E-state index is -1.52. The molecule has 0 radical (unpaired) electrons. The van der Waals surface area contributed by atoms with E-state index >= 15 is 0 Å². The summed E-state index contributed by atoms with van der Waals surface area (Å²) in [5.41, 5.74) is 0.161. The minimum Gasteiger partial charge on any atom is -0.479 e. The second-order valence-corrected chi connectivity index (χ2v) is 4.45. The molecule has 0 bridgehead atoms. The predicted molar refractivity (Wildman–Crippen MR) is 78.9 cm³/mol. The van der Waals surface area contributed by atoms with Crippen molar-refractivity contribution in [3.05, 3.63) is 70.3 Å². The molecule has 0 saturated heterocycles. The molecule has 0 unspecified atom stereocenters. The molecule has 0 saturated carbocycles. The summed E-state index contributed by atoms with van der Waals surface area (Å²) in [4.78, 5) is 33.7. The van der Waals surface area contributed by atoms with Crippen molar-refractivity contribution >= 4 is 23.1 Å². The van der Waals surface area contributed by atoms with Gasteiger partial charge in [0.25, 0.3) is 5.69 Å². The van der Waals surface area contributed by atoms with Gasteiger partial charge in [0.15, 0.2) is 11.8 Å². The molecule has 1 atom stereocenters. The van der Waals surface area contributed by atoms with Crippen molar-refractivity contribution in [2.45, 2.75) is 6.04 Å². The van der Waals surface area contributed by atoms with Gasteiger partial charge in [0.05, 0.1) is 4.92 Å². The van der Waals surface area contributed by atoms with Gasteiger partial charge in [-0.2, -0.15) is 0 Å². The van der Waals surface area contributed by atoms with Crippen molar-refractivity contribution < 1.29 is 19.6 Å². The first-order valence-electron chi connectivity index (χ1n) is 6.32. The van der Waals surface area contributed by atoms with Gasteiger partial charge in [-0.15, -0.1) is 0 Å². The number of benzene rings is 2. The number of rotatable bonds is 6. The minimum absolute atomic E-state index is 0.0370. The summed E-state index contributed by atoms with van der Waals surface area (Å²) < 4.78 is 0. The van der Waals surface area contributed by atoms with Crippen molar-refractivity contribution in [2.24, 2.45) is 0 Å². The van der Waals surface area contributed by atoms with Crippen LogP contribution in [0.1, 0.15) is 10.4 Å². The maximum atomic E-state index is 12.3. The third-order valence-electron chi connectivity index (χ3n) is 2.94. The highest BCUT2D eigenvalue weighted by Gasteiger charge is 2.28. The Morgan fingerprint density at radius 1 is 1.09 bits per heavy atom. The van der Waals surface area contributed by atoms with Gasteiger partial charge in [-0.25, -0.2) is 4.79 Å². The zero-order valence-corrected chi connectivity index (χ0v) is 11.3. The fraction of sp³-hybridized carbons (Fsp3) is 0.0667. The van der Waals surface area contributed by atoms with E-state index in [1.165, 1.54) is 18.2 Å². The molecule has 7 nitrogen and oxygen atoms in total. The van der Waals surface area contributed by atoms with Crippen molar-refractivity contribution in [2.75, 3.05) is 5.32 Å². The SMILES string of the molecule is O=C(O)[C@H](Nc1ccccc1)C(=O)c1cccc([N+](=O)[O-])c1. The number of nitro benzene ring substituents is 1. The smallest absolute Gasteiger partial charge is 0.334 e. The van der Waals surface area contributed by atoms with E-state index in [4.69, 9.17) is 0 Å². The Bertz CT molecular complexity index is 715. The lowest BCUT2D eigenvalue weighted by molar-refractivity contribution is -0.384. The number of carbonyl (C=O) groups is 2. The van der Waals surface area contributed by atoms with Crippen molar-refractivity contribution in [3.63, 3.8) is 0 Å². The molecule has 0 aromatic heterocycles. The third kappa shape index (κ3) is 3.45. The molecule has 2 N–H and O–H groups in total. The number of nitrogens with one attached hydrogen (secondary N) is 1. The van der Waals surface area contributed by atoms with Crippen LogP contribution in [0.2, 0.25) is 0 Å². The Balaban J connectivity index is 2.29. The van der Waals surface area contributed by atoms with E-state index in [-0.39, 0.29) is 11.3 Å². The number of hydrogen-bond acceptors (Lipinski definition) is 5. The summed E-state index contributed by atoms with van der Waals surface area (Å²) in [7, 11) is 0. The molecule has 0 aliphatic carbocycles. The van der Waals surface area contributed by atoms with Crippen LogP contribution in [-0.4, -0.2) is 27.8 Å². The normalized spacial score (nSPS) is 11.5. The molecule has 0 spiro atoms. The number of aliphatic carboxylic acids is 1. The van der Waals surface area contributed by atoms with Crippen LogP contribution in [-0.2, 0) is 4.79 Å². The summed E-state index contributed by atoms with van der Waals surface area (Å²) in [5.74, 6) is -2.11. The molecule has 112 valence electrons. The maximum Gasteiger partial charge on any atom is 0.334 e. The molecule has 2 aromatic rings. The summed E-state index contributed by atoms with van der Waals surface area (Å²) in [6.45, 7) is 0. The van der Waals surface area contributed by atoms with E-state index < -0.39 is 22.7 Å². The molecular weight excluding hydrogens is 288 g/mol. The van der Waals surface area contributed by atoms with Crippen LogP contribution in [0.15, 0.2) is 54.6 Å². The Labute approximate surface area is 125 Å². The molecule has 0 amide bonds. The number of carboxylic acids is 1. The lowest BCUT2D eigenvalue weighted by Gasteiger charge is -2.14. The van der Waals surface area contributed by atoms with Gasteiger partial charge < -0.3 is 10.4 Å². The van der Waals surface area contributed by atoms with Crippen LogP contribution in [0.5, 0.6) is 0 Å². The van der Waals surface area contributed by atoms with Gasteiger partial charge >= 0.3 is 5.97 Å². The number of nitro groups is 1. The number of nitrogens with zero attached hydrogens (tertiary/aromatic N) is 1. The molecule has 22 heavy (non-hydrogen) atoms. The van der Waals surface area contributed by atoms with Crippen LogP contribution in [0.25, 0.3) is 0 Å². The predicted octanol–water partition coefficient (Wildman–Crippen LogP) is 2.34. The monoisotopic (exact) mass is 300 g/mol. The quantitative estimate of drug-likeness (QED) is 0.367. The summed E-state index contributed by atoms with van der Waals surface area (Å²) in [6, 6.07) is 11.8. The zero-order chi connectivity index (χ0) is 16.1. The lowest BCUT2D eigenvalue weighted by atomic mass is 10.0.